The van der Waals surface area contributed by atoms with Crippen LogP contribution in [-0.2, 0) is 22.7 Å². The molecule has 0 spiro atoms. The van der Waals surface area contributed by atoms with Gasteiger partial charge in [-0.1, -0.05) is 26.0 Å². The van der Waals surface area contributed by atoms with Gasteiger partial charge in [0.2, 0.25) is 11.9 Å². The van der Waals surface area contributed by atoms with E-state index < -0.39 is 0 Å². The highest BCUT2D eigenvalue weighted by atomic mass is 16.5. The first-order valence-electron chi connectivity index (χ1n) is 14.2. The number of likely N-dealkylation sites (N-methyl/N-ethyl adjacent to an activating group) is 1. The number of likely N-dealkylation sites (tertiary alicyclic amines) is 1. The molecule has 11 heteroatoms. The number of hydrogen-bond acceptors (Lipinski definition) is 9. The fourth-order valence-electron chi connectivity index (χ4n) is 5.06. The van der Waals surface area contributed by atoms with Crippen LogP contribution in [0.1, 0.15) is 41.8 Å². The van der Waals surface area contributed by atoms with Crippen LogP contribution in [0.3, 0.4) is 0 Å². The Kier molecular flexibility index (Phi) is 9.19. The monoisotopic (exact) mass is 574 g/mol. The lowest BCUT2D eigenvalue weighted by Gasteiger charge is -2.39. The highest BCUT2D eigenvalue weighted by Crippen LogP contribution is 2.29. The Bertz CT molecular complexity index is 1400. The van der Waals surface area contributed by atoms with Gasteiger partial charge in [-0.25, -0.2) is 9.97 Å². The molecule has 4 bridgehead atoms. The first-order valence-corrected chi connectivity index (χ1v) is 14.2. The summed E-state index contributed by atoms with van der Waals surface area (Å²) in [6.45, 7) is 6.84. The van der Waals surface area contributed by atoms with Crippen molar-refractivity contribution < 1.29 is 23.8 Å². The van der Waals surface area contributed by atoms with E-state index in [2.05, 4.69) is 34.0 Å². The number of nitrogens with two attached hydrogens (primary N) is 1. The molecule has 2 amide bonds. The molecular weight excluding hydrogens is 536 g/mol. The maximum Gasteiger partial charge on any atom is 0.254 e. The Hall–Kier alpha value is -4.22. The Morgan fingerprint density at radius 3 is 2.71 bits per heavy atom. The molecule has 0 aliphatic carbocycles. The topological polar surface area (TPSA) is 132 Å². The van der Waals surface area contributed by atoms with Crippen molar-refractivity contribution >= 4 is 17.8 Å². The number of piperidine rings is 1. The molecule has 2 aliphatic heterocycles. The second-order valence-electron chi connectivity index (χ2n) is 11.3. The highest BCUT2D eigenvalue weighted by molar-refractivity contribution is 5.97. The Morgan fingerprint density at radius 1 is 1.12 bits per heavy atom. The van der Waals surface area contributed by atoms with Crippen molar-refractivity contribution in [1.29, 1.82) is 0 Å². The van der Waals surface area contributed by atoms with Crippen molar-refractivity contribution in [2.45, 2.75) is 45.6 Å². The molecule has 222 valence electrons. The number of carbonyl (C=O) groups is 2. The van der Waals surface area contributed by atoms with E-state index in [0.29, 0.717) is 61.5 Å². The Morgan fingerprint density at radius 2 is 1.93 bits per heavy atom. The lowest BCUT2D eigenvalue weighted by atomic mass is 10.0. The zero-order valence-corrected chi connectivity index (χ0v) is 24.3. The predicted octanol–water partition coefficient (Wildman–Crippen LogP) is 3.25. The van der Waals surface area contributed by atoms with E-state index in [1.807, 2.05) is 24.3 Å². The molecule has 2 aromatic carbocycles. The summed E-state index contributed by atoms with van der Waals surface area (Å²) in [6, 6.07) is 12.6. The van der Waals surface area contributed by atoms with Crippen molar-refractivity contribution in [1.82, 2.24) is 25.1 Å². The van der Waals surface area contributed by atoms with Crippen LogP contribution in [0.25, 0.3) is 0 Å². The van der Waals surface area contributed by atoms with Gasteiger partial charge in [0, 0.05) is 56.3 Å². The molecule has 3 aromatic rings. The minimum atomic E-state index is -0.306. The minimum Gasteiger partial charge on any atom is -0.493 e. The third-order valence-electron chi connectivity index (χ3n) is 7.16. The van der Waals surface area contributed by atoms with Crippen LogP contribution in [0.4, 0.5) is 5.95 Å². The van der Waals surface area contributed by atoms with E-state index >= 15 is 0 Å². The summed E-state index contributed by atoms with van der Waals surface area (Å²) in [5.74, 6) is 1.61. The zero-order chi connectivity index (χ0) is 29.6. The largest absolute Gasteiger partial charge is 0.493 e. The summed E-state index contributed by atoms with van der Waals surface area (Å²) in [4.78, 5) is 38.4. The van der Waals surface area contributed by atoms with E-state index in [1.165, 1.54) is 4.90 Å². The van der Waals surface area contributed by atoms with E-state index in [-0.39, 0.29) is 36.5 Å². The summed E-state index contributed by atoms with van der Waals surface area (Å²) in [5, 5.41) is 3.13. The fraction of sp³-hybridized carbons (Fsp3) is 0.419. The fourth-order valence-corrected chi connectivity index (χ4v) is 5.06. The second kappa shape index (κ2) is 13.2. The van der Waals surface area contributed by atoms with Crippen LogP contribution in [0.5, 0.6) is 17.2 Å². The number of benzene rings is 2. The summed E-state index contributed by atoms with van der Waals surface area (Å²) in [6.07, 6.45) is 3.86. The first-order chi connectivity index (χ1) is 20.2. The van der Waals surface area contributed by atoms with Gasteiger partial charge in [-0.3, -0.25) is 14.5 Å². The summed E-state index contributed by atoms with van der Waals surface area (Å²) in [5.41, 5.74) is 7.90. The molecule has 2 aliphatic rings. The number of nitrogens with one attached hydrogen (secondary N) is 1. The summed E-state index contributed by atoms with van der Waals surface area (Å²) >= 11 is 0. The second-order valence-corrected chi connectivity index (χ2v) is 11.3. The van der Waals surface area contributed by atoms with Crippen LogP contribution in [-0.4, -0.2) is 77.0 Å². The number of fused-ring (bicyclic) bond motifs is 5. The van der Waals surface area contributed by atoms with Gasteiger partial charge < -0.3 is 30.2 Å². The standard InChI is InChI=1S/C31H38N6O5/c1-20(2)18-40-25-10-23-11-26(12-25)42-24-6-4-5-21(9-24)19-41-28-16-37(15-22-13-33-31(32)34-14-22)8-7-27(28)35-29(38)17-36(3)30(23)39/h4-6,9-14,20,27-28H,7-8,15-19H2,1-3H3,(H,35,38)(H2,32,33,34)/t27-,28-/m0/s1. The number of ether oxygens (including phenoxy) is 3. The van der Waals surface area contributed by atoms with Gasteiger partial charge in [0.15, 0.2) is 0 Å². The van der Waals surface area contributed by atoms with Crippen molar-refractivity contribution in [2.75, 3.05) is 39.0 Å². The lowest BCUT2D eigenvalue weighted by Crippen LogP contribution is -2.56. The number of aromatic nitrogens is 2. The quantitative estimate of drug-likeness (QED) is 0.471. The summed E-state index contributed by atoms with van der Waals surface area (Å²) < 4.78 is 18.6. The van der Waals surface area contributed by atoms with Crippen LogP contribution in [0, 0.1) is 5.92 Å². The SMILES string of the molecule is CC(C)COc1cc2cc(c1)C(=O)N(C)CC(=O)N[C@H]1CCN(Cc3cnc(N)nc3)C[C@@H]1OCc1cccc(c1)O2. The van der Waals surface area contributed by atoms with Gasteiger partial charge >= 0.3 is 0 Å². The first kappa shape index (κ1) is 29.3. The Labute approximate surface area is 246 Å². The number of carbonyl (C=O) groups excluding carboxylic acids is 2. The molecule has 0 unspecified atom stereocenters. The van der Waals surface area contributed by atoms with E-state index in [1.54, 1.807) is 37.6 Å². The van der Waals surface area contributed by atoms with E-state index in [0.717, 1.165) is 17.7 Å². The summed E-state index contributed by atoms with van der Waals surface area (Å²) in [7, 11) is 1.61. The van der Waals surface area contributed by atoms with Crippen molar-refractivity contribution in [2.24, 2.45) is 5.92 Å². The number of amides is 2. The molecule has 42 heavy (non-hydrogen) atoms. The third kappa shape index (κ3) is 7.74. The van der Waals surface area contributed by atoms with E-state index in [4.69, 9.17) is 19.9 Å². The smallest absolute Gasteiger partial charge is 0.254 e. The predicted molar refractivity (Wildman–Crippen MR) is 157 cm³/mol. The molecule has 11 nitrogen and oxygen atoms in total. The number of hydrogen-bond donors (Lipinski definition) is 2. The third-order valence-corrected chi connectivity index (χ3v) is 7.16. The lowest BCUT2D eigenvalue weighted by molar-refractivity contribution is -0.125. The molecule has 1 saturated heterocycles. The van der Waals surface area contributed by atoms with Crippen LogP contribution in [0.15, 0.2) is 54.9 Å². The molecule has 0 saturated carbocycles. The maximum absolute atomic E-state index is 13.4. The molecular formula is C31H38N6O5. The average molecular weight is 575 g/mol. The highest BCUT2D eigenvalue weighted by Gasteiger charge is 2.32. The van der Waals surface area contributed by atoms with Crippen LogP contribution < -0.4 is 20.5 Å². The number of anilines is 1. The molecule has 5 rings (SSSR count). The van der Waals surface area contributed by atoms with Crippen molar-refractivity contribution in [3.63, 3.8) is 0 Å². The van der Waals surface area contributed by atoms with Gasteiger partial charge in [-0.2, -0.15) is 0 Å². The number of nitrogen functional groups attached to an aromatic ring is 1. The number of nitrogens with zero attached hydrogens (tertiary/aromatic N) is 4. The Balaban J connectivity index is 1.39. The molecule has 3 N–H and O–H groups in total. The molecule has 3 heterocycles. The van der Waals surface area contributed by atoms with Gasteiger partial charge in [0.1, 0.15) is 17.2 Å². The van der Waals surface area contributed by atoms with Gasteiger partial charge in [0.25, 0.3) is 5.91 Å². The van der Waals surface area contributed by atoms with Crippen LogP contribution >= 0.6 is 0 Å². The normalized spacial score (nSPS) is 20.0. The van der Waals surface area contributed by atoms with Gasteiger partial charge in [-0.05, 0) is 42.2 Å². The molecule has 2 atom stereocenters. The van der Waals surface area contributed by atoms with E-state index in [9.17, 15) is 9.59 Å². The van der Waals surface area contributed by atoms with Crippen molar-refractivity contribution in [3.05, 3.63) is 71.5 Å². The van der Waals surface area contributed by atoms with Gasteiger partial charge in [0.05, 0.1) is 31.9 Å². The maximum atomic E-state index is 13.4. The number of rotatable bonds is 5. The molecule has 1 fully saturated rings. The van der Waals surface area contributed by atoms with Crippen LogP contribution in [0.2, 0.25) is 0 Å². The average Bonchev–Trinajstić information content (AvgIpc) is 2.96. The minimum absolute atomic E-state index is 0.0964. The zero-order valence-electron chi connectivity index (χ0n) is 24.3. The molecule has 1 aromatic heterocycles. The van der Waals surface area contributed by atoms with Gasteiger partial charge in [-0.15, -0.1) is 0 Å². The molecule has 0 radical (unpaired) electrons. The van der Waals surface area contributed by atoms with Crippen molar-refractivity contribution in [3.8, 4) is 17.2 Å².